The lowest BCUT2D eigenvalue weighted by molar-refractivity contribution is -0.146. The Bertz CT molecular complexity index is 575. The van der Waals surface area contributed by atoms with Gasteiger partial charge in [0.05, 0.1) is 5.02 Å². The molecule has 1 atom stereocenters. The molecule has 1 aromatic rings. The van der Waals surface area contributed by atoms with Gasteiger partial charge in [0.15, 0.2) is 6.10 Å². The molecule has 0 aromatic heterocycles. The van der Waals surface area contributed by atoms with Gasteiger partial charge >= 0.3 is 5.97 Å². The molecule has 1 rings (SSSR count). The van der Waals surface area contributed by atoms with Gasteiger partial charge in [-0.1, -0.05) is 23.2 Å². The van der Waals surface area contributed by atoms with Crippen LogP contribution in [0.4, 0.5) is 0 Å². The van der Waals surface area contributed by atoms with Crippen LogP contribution < -0.4 is 4.72 Å². The summed E-state index contributed by atoms with van der Waals surface area (Å²) >= 11 is 11.4. The molecule has 0 radical (unpaired) electrons. The Hall–Kier alpha value is -0.860. The topological polar surface area (TPSA) is 104 Å². The summed E-state index contributed by atoms with van der Waals surface area (Å²) in [6.07, 6.45) is -1.88. The molecule has 0 saturated carbocycles. The van der Waals surface area contributed by atoms with Gasteiger partial charge in [0, 0.05) is 11.6 Å². The number of aliphatic carboxylic acids is 1. The van der Waals surface area contributed by atoms with E-state index in [9.17, 15) is 13.2 Å². The first-order valence-corrected chi connectivity index (χ1v) is 7.33. The number of carboxylic acids is 1. The second-order valence-electron chi connectivity index (χ2n) is 3.62. The van der Waals surface area contributed by atoms with Crippen molar-refractivity contribution in [1.82, 2.24) is 4.72 Å². The van der Waals surface area contributed by atoms with E-state index in [0.717, 1.165) is 0 Å². The summed E-state index contributed by atoms with van der Waals surface area (Å²) in [6, 6.07) is 3.96. The van der Waals surface area contributed by atoms with E-state index in [-0.39, 0.29) is 27.9 Å². The van der Waals surface area contributed by atoms with Gasteiger partial charge in [-0.3, -0.25) is 0 Å². The third-order valence-corrected chi connectivity index (χ3v) is 4.36. The highest BCUT2D eigenvalue weighted by Gasteiger charge is 2.19. The molecule has 0 saturated heterocycles. The van der Waals surface area contributed by atoms with E-state index in [1.54, 1.807) is 0 Å². The lowest BCUT2D eigenvalue weighted by Crippen LogP contribution is -2.30. The first-order chi connectivity index (χ1) is 8.74. The summed E-state index contributed by atoms with van der Waals surface area (Å²) in [5.74, 6) is -1.42. The molecule has 9 heteroatoms. The lowest BCUT2D eigenvalue weighted by Gasteiger charge is -2.09. The van der Waals surface area contributed by atoms with Gasteiger partial charge in [0.1, 0.15) is 4.90 Å². The van der Waals surface area contributed by atoms with Gasteiger partial charge in [0.2, 0.25) is 10.0 Å². The molecule has 0 fully saturated rings. The van der Waals surface area contributed by atoms with E-state index in [2.05, 4.69) is 4.72 Å². The van der Waals surface area contributed by atoms with Crippen molar-refractivity contribution >= 4 is 39.2 Å². The highest BCUT2D eigenvalue weighted by molar-refractivity contribution is 7.89. The first kappa shape index (κ1) is 16.2. The highest BCUT2D eigenvalue weighted by atomic mass is 35.5. The van der Waals surface area contributed by atoms with Gasteiger partial charge in [-0.05, 0) is 24.6 Å². The van der Waals surface area contributed by atoms with Crippen LogP contribution in [-0.2, 0) is 14.8 Å². The molecule has 0 spiro atoms. The monoisotopic (exact) mass is 327 g/mol. The molecule has 0 heterocycles. The zero-order valence-electron chi connectivity index (χ0n) is 9.51. The number of rotatable bonds is 6. The van der Waals surface area contributed by atoms with Crippen molar-refractivity contribution in [3.05, 3.63) is 28.2 Å². The van der Waals surface area contributed by atoms with Crippen LogP contribution >= 0.6 is 23.2 Å². The largest absolute Gasteiger partial charge is 0.479 e. The minimum Gasteiger partial charge on any atom is -0.479 e. The van der Waals surface area contributed by atoms with Crippen molar-refractivity contribution in [3.8, 4) is 0 Å². The fourth-order valence-corrected chi connectivity index (χ4v) is 3.02. The molecule has 1 unspecified atom stereocenters. The molecular formula is C10H11Cl2NO5S. The normalized spacial score (nSPS) is 13.2. The molecule has 3 N–H and O–H groups in total. The predicted molar refractivity (Wildman–Crippen MR) is 69.9 cm³/mol. The highest BCUT2D eigenvalue weighted by Crippen LogP contribution is 2.24. The van der Waals surface area contributed by atoms with Crippen LogP contribution in [0.1, 0.15) is 6.42 Å². The molecule has 6 nitrogen and oxygen atoms in total. The Morgan fingerprint density at radius 2 is 2.00 bits per heavy atom. The van der Waals surface area contributed by atoms with Gasteiger partial charge in [-0.15, -0.1) is 0 Å². The number of carbonyl (C=O) groups is 1. The van der Waals surface area contributed by atoms with Crippen LogP contribution in [-0.4, -0.2) is 37.2 Å². The van der Waals surface area contributed by atoms with E-state index in [4.69, 9.17) is 33.4 Å². The van der Waals surface area contributed by atoms with Gasteiger partial charge in [-0.25, -0.2) is 17.9 Å². The molecule has 0 aliphatic rings. The van der Waals surface area contributed by atoms with E-state index in [1.807, 2.05) is 0 Å². The maximum Gasteiger partial charge on any atom is 0.332 e. The molecule has 0 bridgehead atoms. The van der Waals surface area contributed by atoms with Crippen LogP contribution in [0, 0.1) is 0 Å². The zero-order chi connectivity index (χ0) is 14.6. The second-order valence-corrected chi connectivity index (χ2v) is 6.19. The summed E-state index contributed by atoms with van der Waals surface area (Å²) in [5, 5.41) is 17.7. The molecule has 0 aliphatic carbocycles. The third-order valence-electron chi connectivity index (χ3n) is 2.18. The maximum atomic E-state index is 11.9. The minimum absolute atomic E-state index is 0.00400. The van der Waals surface area contributed by atoms with Crippen molar-refractivity contribution in [2.45, 2.75) is 17.4 Å². The summed E-state index contributed by atoms with van der Waals surface area (Å²) in [4.78, 5) is 10.2. The van der Waals surface area contributed by atoms with Crippen molar-refractivity contribution in [3.63, 3.8) is 0 Å². The molecule has 0 amide bonds. The van der Waals surface area contributed by atoms with Crippen molar-refractivity contribution in [2.75, 3.05) is 6.54 Å². The maximum absolute atomic E-state index is 11.9. The number of aliphatic hydroxyl groups is 1. The fraction of sp³-hybridized carbons (Fsp3) is 0.300. The quantitative estimate of drug-likeness (QED) is 0.726. The second kappa shape index (κ2) is 6.53. The van der Waals surface area contributed by atoms with Gasteiger partial charge in [-0.2, -0.15) is 0 Å². The molecule has 19 heavy (non-hydrogen) atoms. The average Bonchev–Trinajstić information content (AvgIpc) is 2.31. The first-order valence-electron chi connectivity index (χ1n) is 5.09. The number of hydrogen-bond donors (Lipinski definition) is 3. The number of hydrogen-bond acceptors (Lipinski definition) is 4. The third kappa shape index (κ3) is 4.63. The number of halogens is 2. The van der Waals surface area contributed by atoms with Crippen LogP contribution in [0.15, 0.2) is 23.1 Å². The Labute approximate surface area is 120 Å². The van der Waals surface area contributed by atoms with Crippen molar-refractivity contribution in [2.24, 2.45) is 0 Å². The number of carboxylic acid groups (broad SMARTS) is 1. The number of sulfonamides is 1. The lowest BCUT2D eigenvalue weighted by atomic mass is 10.3. The smallest absolute Gasteiger partial charge is 0.332 e. The fourth-order valence-electron chi connectivity index (χ4n) is 1.21. The van der Waals surface area contributed by atoms with E-state index in [1.165, 1.54) is 18.2 Å². The minimum atomic E-state index is -3.91. The van der Waals surface area contributed by atoms with Crippen LogP contribution in [0.3, 0.4) is 0 Å². The average molecular weight is 328 g/mol. The summed E-state index contributed by atoms with van der Waals surface area (Å²) in [5.41, 5.74) is 0. The van der Waals surface area contributed by atoms with Crippen LogP contribution in [0.25, 0.3) is 0 Å². The van der Waals surface area contributed by atoms with Crippen molar-refractivity contribution < 1.29 is 23.4 Å². The molecule has 106 valence electrons. The standard InChI is InChI=1S/C10H11Cl2NO5S/c11-6-1-2-7(12)9(5-6)19(17,18)13-4-3-8(14)10(15)16/h1-2,5,8,13-14H,3-4H2,(H,15,16). The molecule has 0 aliphatic heterocycles. The van der Waals surface area contributed by atoms with E-state index < -0.39 is 22.1 Å². The van der Waals surface area contributed by atoms with Crippen LogP contribution in [0.2, 0.25) is 10.0 Å². The Kier molecular flexibility index (Phi) is 5.57. The van der Waals surface area contributed by atoms with Crippen molar-refractivity contribution in [1.29, 1.82) is 0 Å². The number of benzene rings is 1. The summed E-state index contributed by atoms with van der Waals surface area (Å²) < 4.78 is 25.9. The zero-order valence-corrected chi connectivity index (χ0v) is 11.8. The number of aliphatic hydroxyl groups excluding tert-OH is 1. The van der Waals surface area contributed by atoms with E-state index >= 15 is 0 Å². The predicted octanol–water partition coefficient (Wildman–Crippen LogP) is 1.11. The molecular weight excluding hydrogens is 317 g/mol. The van der Waals surface area contributed by atoms with Crippen LogP contribution in [0.5, 0.6) is 0 Å². The SMILES string of the molecule is O=C(O)C(O)CCNS(=O)(=O)c1cc(Cl)ccc1Cl. The molecule has 1 aromatic carbocycles. The Balaban J connectivity index is 2.76. The number of nitrogens with one attached hydrogen (secondary N) is 1. The van der Waals surface area contributed by atoms with E-state index in [0.29, 0.717) is 0 Å². The van der Waals surface area contributed by atoms with Gasteiger partial charge < -0.3 is 10.2 Å². The Morgan fingerprint density at radius 1 is 1.37 bits per heavy atom. The van der Waals surface area contributed by atoms with Gasteiger partial charge in [0.25, 0.3) is 0 Å². The summed E-state index contributed by atoms with van der Waals surface area (Å²) in [6.45, 7) is -0.237. The Morgan fingerprint density at radius 3 is 2.58 bits per heavy atom. The summed E-state index contributed by atoms with van der Waals surface area (Å²) in [7, 11) is -3.91.